The van der Waals surface area contributed by atoms with E-state index in [1.165, 1.54) is 21.7 Å². The number of aryl methyl sites for hydroxylation is 2. The molecule has 5 rings (SSSR count). The number of anilines is 2. The van der Waals surface area contributed by atoms with Crippen molar-refractivity contribution in [3.8, 4) is 0 Å². The van der Waals surface area contributed by atoms with Crippen molar-refractivity contribution in [2.45, 2.75) is 38.6 Å². The molecule has 192 valence electrons. The van der Waals surface area contributed by atoms with Crippen molar-refractivity contribution in [1.29, 1.82) is 0 Å². The van der Waals surface area contributed by atoms with E-state index >= 15 is 0 Å². The highest BCUT2D eigenvalue weighted by atomic mass is 16.2. The maximum absolute atomic E-state index is 12.9. The summed E-state index contributed by atoms with van der Waals surface area (Å²) in [6.45, 7) is 7.59. The molecule has 0 spiro atoms. The quantitative estimate of drug-likeness (QED) is 0.460. The van der Waals surface area contributed by atoms with E-state index in [0.717, 1.165) is 51.1 Å². The Labute approximate surface area is 219 Å². The summed E-state index contributed by atoms with van der Waals surface area (Å²) >= 11 is 0. The van der Waals surface area contributed by atoms with Crippen LogP contribution in [-0.4, -0.2) is 54.5 Å². The van der Waals surface area contributed by atoms with Gasteiger partial charge in [-0.2, -0.15) is 0 Å². The van der Waals surface area contributed by atoms with E-state index in [2.05, 4.69) is 70.6 Å². The van der Waals surface area contributed by atoms with Crippen LogP contribution in [-0.2, 0) is 11.2 Å². The number of piperazine rings is 1. The predicted octanol–water partition coefficient (Wildman–Crippen LogP) is 5.65. The molecule has 0 aliphatic carbocycles. The highest BCUT2D eigenvalue weighted by Gasteiger charge is 2.36. The minimum absolute atomic E-state index is 0.120. The number of amides is 3. The van der Waals surface area contributed by atoms with Crippen LogP contribution in [0.2, 0.25) is 0 Å². The Morgan fingerprint density at radius 1 is 0.892 bits per heavy atom. The smallest absolute Gasteiger partial charge is 0.329 e. The fourth-order valence-corrected chi connectivity index (χ4v) is 5.36. The summed E-state index contributed by atoms with van der Waals surface area (Å²) in [7, 11) is 0. The maximum Gasteiger partial charge on any atom is 0.329 e. The van der Waals surface area contributed by atoms with Gasteiger partial charge in [-0.25, -0.2) is 4.79 Å². The zero-order valence-corrected chi connectivity index (χ0v) is 21.6. The van der Waals surface area contributed by atoms with Gasteiger partial charge in [-0.05, 0) is 68.1 Å². The standard InChI is InChI=1S/C31H36N4O2/c1-24-9-15-28(16-10-24)34-22-20-33(21-23-34)19-5-6-25-11-13-26(14-12-25)29-17-18-30(36)35(29)31(37)32-27-7-3-2-4-8-27/h2-4,7-16,29H,5-6,17-23H2,1H3,(H,32,37). The summed E-state index contributed by atoms with van der Waals surface area (Å²) in [4.78, 5) is 31.8. The van der Waals surface area contributed by atoms with Crippen LogP contribution in [0.3, 0.4) is 0 Å². The van der Waals surface area contributed by atoms with Gasteiger partial charge in [0.05, 0.1) is 6.04 Å². The molecule has 0 radical (unpaired) electrons. The van der Waals surface area contributed by atoms with Gasteiger partial charge in [-0.1, -0.05) is 60.2 Å². The van der Waals surface area contributed by atoms with E-state index in [1.807, 2.05) is 30.3 Å². The van der Waals surface area contributed by atoms with E-state index in [-0.39, 0.29) is 18.0 Å². The maximum atomic E-state index is 12.9. The fourth-order valence-electron chi connectivity index (χ4n) is 5.36. The molecule has 0 bridgehead atoms. The molecule has 1 unspecified atom stereocenters. The molecule has 2 saturated heterocycles. The molecule has 3 amide bonds. The Balaban J connectivity index is 1.09. The summed E-state index contributed by atoms with van der Waals surface area (Å²) in [5.41, 5.74) is 5.64. The second kappa shape index (κ2) is 11.6. The molecule has 1 atom stereocenters. The first kappa shape index (κ1) is 25.0. The lowest BCUT2D eigenvalue weighted by Gasteiger charge is -2.36. The molecule has 6 nitrogen and oxygen atoms in total. The molecular weight excluding hydrogens is 460 g/mol. The van der Waals surface area contributed by atoms with Crippen LogP contribution < -0.4 is 10.2 Å². The van der Waals surface area contributed by atoms with Gasteiger partial charge in [0.15, 0.2) is 0 Å². The molecule has 2 fully saturated rings. The van der Waals surface area contributed by atoms with Gasteiger partial charge in [-0.3, -0.25) is 14.6 Å². The van der Waals surface area contributed by atoms with Gasteiger partial charge in [0.2, 0.25) is 5.91 Å². The topological polar surface area (TPSA) is 55.9 Å². The number of nitrogens with zero attached hydrogens (tertiary/aromatic N) is 3. The average molecular weight is 497 g/mol. The third kappa shape index (κ3) is 6.20. The molecule has 0 saturated carbocycles. The molecule has 0 aromatic heterocycles. The van der Waals surface area contributed by atoms with E-state index in [4.69, 9.17) is 0 Å². The Morgan fingerprint density at radius 3 is 2.30 bits per heavy atom. The Morgan fingerprint density at radius 2 is 1.59 bits per heavy atom. The highest BCUT2D eigenvalue weighted by Crippen LogP contribution is 2.33. The number of hydrogen-bond donors (Lipinski definition) is 1. The Hall–Kier alpha value is -3.64. The van der Waals surface area contributed by atoms with Gasteiger partial charge in [0.1, 0.15) is 0 Å². The van der Waals surface area contributed by atoms with E-state index < -0.39 is 0 Å². The number of para-hydroxylation sites is 1. The predicted molar refractivity (Wildman–Crippen MR) is 149 cm³/mol. The lowest BCUT2D eigenvalue weighted by molar-refractivity contribution is -0.125. The molecule has 2 aliphatic rings. The Kier molecular flexibility index (Phi) is 7.85. The summed E-state index contributed by atoms with van der Waals surface area (Å²) in [6, 6.07) is 26.0. The van der Waals surface area contributed by atoms with Crippen LogP contribution in [0.4, 0.5) is 16.2 Å². The SMILES string of the molecule is Cc1ccc(N2CCN(CCCc3ccc(C4CCC(=O)N4C(=O)Nc4ccccc4)cc3)CC2)cc1. The van der Waals surface area contributed by atoms with E-state index in [0.29, 0.717) is 18.5 Å². The second-order valence-corrected chi connectivity index (χ2v) is 10.1. The van der Waals surface area contributed by atoms with Crippen molar-refractivity contribution >= 4 is 23.3 Å². The van der Waals surface area contributed by atoms with Crippen molar-refractivity contribution < 1.29 is 9.59 Å². The van der Waals surface area contributed by atoms with Gasteiger partial charge < -0.3 is 10.2 Å². The molecule has 37 heavy (non-hydrogen) atoms. The minimum atomic E-state index is -0.356. The third-order valence-corrected chi connectivity index (χ3v) is 7.53. The first-order valence-corrected chi connectivity index (χ1v) is 13.4. The molecule has 2 aliphatic heterocycles. The van der Waals surface area contributed by atoms with Crippen molar-refractivity contribution in [2.24, 2.45) is 0 Å². The monoisotopic (exact) mass is 496 g/mol. The van der Waals surface area contributed by atoms with Crippen LogP contribution in [0, 0.1) is 6.92 Å². The third-order valence-electron chi connectivity index (χ3n) is 7.53. The molecular formula is C31H36N4O2. The van der Waals surface area contributed by atoms with Gasteiger partial charge in [-0.15, -0.1) is 0 Å². The molecule has 6 heteroatoms. The van der Waals surface area contributed by atoms with Crippen molar-refractivity contribution in [2.75, 3.05) is 42.9 Å². The lowest BCUT2D eigenvalue weighted by atomic mass is 10.0. The zero-order chi connectivity index (χ0) is 25.6. The number of carbonyl (C=O) groups is 2. The van der Waals surface area contributed by atoms with Gasteiger partial charge >= 0.3 is 6.03 Å². The highest BCUT2D eigenvalue weighted by molar-refractivity contribution is 6.02. The van der Waals surface area contributed by atoms with Crippen molar-refractivity contribution in [3.63, 3.8) is 0 Å². The van der Waals surface area contributed by atoms with Crippen LogP contribution in [0.5, 0.6) is 0 Å². The normalized spacial score (nSPS) is 18.3. The molecule has 3 aromatic carbocycles. The summed E-state index contributed by atoms with van der Waals surface area (Å²) in [5.74, 6) is -0.120. The molecule has 3 aromatic rings. The number of hydrogen-bond acceptors (Lipinski definition) is 4. The van der Waals surface area contributed by atoms with Crippen LogP contribution in [0.25, 0.3) is 0 Å². The number of rotatable bonds is 7. The van der Waals surface area contributed by atoms with Crippen molar-refractivity contribution in [3.05, 3.63) is 95.6 Å². The zero-order valence-electron chi connectivity index (χ0n) is 21.6. The summed E-state index contributed by atoms with van der Waals surface area (Å²) in [5, 5.41) is 2.86. The fraction of sp³-hybridized carbons (Fsp3) is 0.355. The van der Waals surface area contributed by atoms with Crippen molar-refractivity contribution in [1.82, 2.24) is 9.80 Å². The summed E-state index contributed by atoms with van der Waals surface area (Å²) in [6.07, 6.45) is 3.21. The number of carbonyl (C=O) groups excluding carboxylic acids is 2. The second-order valence-electron chi connectivity index (χ2n) is 10.1. The largest absolute Gasteiger partial charge is 0.369 e. The minimum Gasteiger partial charge on any atom is -0.369 e. The van der Waals surface area contributed by atoms with Gasteiger partial charge in [0.25, 0.3) is 0 Å². The molecule has 2 heterocycles. The Bertz CT molecular complexity index is 1190. The van der Waals surface area contributed by atoms with Crippen LogP contribution >= 0.6 is 0 Å². The van der Waals surface area contributed by atoms with Gasteiger partial charge in [0, 0.05) is 44.0 Å². The number of imide groups is 1. The lowest BCUT2D eigenvalue weighted by Crippen LogP contribution is -2.46. The first-order valence-electron chi connectivity index (χ1n) is 13.4. The summed E-state index contributed by atoms with van der Waals surface area (Å²) < 4.78 is 0. The van der Waals surface area contributed by atoms with Crippen LogP contribution in [0.15, 0.2) is 78.9 Å². The average Bonchev–Trinajstić information content (AvgIpc) is 3.32. The van der Waals surface area contributed by atoms with Crippen LogP contribution in [0.1, 0.15) is 42.0 Å². The first-order chi connectivity index (χ1) is 18.1. The molecule has 1 N–H and O–H groups in total. The number of likely N-dealkylation sites (tertiary alicyclic amines) is 1. The number of benzene rings is 3. The van der Waals surface area contributed by atoms with E-state index in [1.54, 1.807) is 0 Å². The number of urea groups is 1. The van der Waals surface area contributed by atoms with E-state index in [9.17, 15) is 9.59 Å². The number of nitrogens with one attached hydrogen (secondary N) is 1.